The quantitative estimate of drug-likeness (QED) is 0.755. The van der Waals surface area contributed by atoms with Crippen LogP contribution in [0.3, 0.4) is 0 Å². The summed E-state index contributed by atoms with van der Waals surface area (Å²) in [5.74, 6) is 1.51. The third-order valence-electron chi connectivity index (χ3n) is 4.55. The summed E-state index contributed by atoms with van der Waals surface area (Å²) in [7, 11) is 0. The van der Waals surface area contributed by atoms with Gasteiger partial charge in [0.1, 0.15) is 0 Å². The van der Waals surface area contributed by atoms with Gasteiger partial charge in [-0.3, -0.25) is 0 Å². The zero-order valence-corrected chi connectivity index (χ0v) is 13.1. The molecular formula is C16H29NO2. The lowest BCUT2D eigenvalue weighted by molar-refractivity contribution is 0.0336. The largest absolute Gasteiger partial charge is 0.449 e. The molecule has 110 valence electrons. The van der Waals surface area contributed by atoms with Crippen LogP contribution >= 0.6 is 0 Å². The van der Waals surface area contributed by atoms with E-state index < -0.39 is 0 Å². The Kier molecular flexibility index (Phi) is 4.12. The molecule has 0 radical (unpaired) electrons. The van der Waals surface area contributed by atoms with Crippen LogP contribution < -0.4 is 0 Å². The van der Waals surface area contributed by atoms with E-state index in [4.69, 9.17) is 4.74 Å². The van der Waals surface area contributed by atoms with Gasteiger partial charge in [-0.15, -0.1) is 0 Å². The van der Waals surface area contributed by atoms with Crippen molar-refractivity contribution < 1.29 is 9.53 Å². The Labute approximate surface area is 117 Å². The van der Waals surface area contributed by atoms with Gasteiger partial charge in [-0.1, -0.05) is 34.6 Å². The summed E-state index contributed by atoms with van der Waals surface area (Å²) in [6.07, 6.45) is 4.58. The topological polar surface area (TPSA) is 29.5 Å². The zero-order chi connectivity index (χ0) is 14.2. The van der Waals surface area contributed by atoms with Crippen molar-refractivity contribution in [3.8, 4) is 0 Å². The number of hydrogen-bond donors (Lipinski definition) is 0. The molecule has 3 nitrogen and oxygen atoms in total. The minimum Gasteiger partial charge on any atom is -0.449 e. The molecule has 2 heterocycles. The van der Waals surface area contributed by atoms with Crippen LogP contribution in [0.2, 0.25) is 0 Å². The summed E-state index contributed by atoms with van der Waals surface area (Å²) < 4.78 is 5.51. The number of carbonyl (C=O) groups is 1. The Morgan fingerprint density at radius 3 is 2.16 bits per heavy atom. The number of hydrogen-bond acceptors (Lipinski definition) is 2. The molecule has 2 aliphatic heterocycles. The highest BCUT2D eigenvalue weighted by Gasteiger charge is 2.44. The summed E-state index contributed by atoms with van der Waals surface area (Å²) in [6, 6.07) is 0.859. The molecule has 1 amide bonds. The lowest BCUT2D eigenvalue weighted by atomic mass is 9.83. The normalized spacial score (nSPS) is 30.8. The molecule has 0 aromatic carbocycles. The molecule has 2 unspecified atom stereocenters. The van der Waals surface area contributed by atoms with Crippen molar-refractivity contribution >= 4 is 6.09 Å². The molecule has 2 bridgehead atoms. The van der Waals surface area contributed by atoms with Crippen LogP contribution in [0.25, 0.3) is 0 Å². The van der Waals surface area contributed by atoms with Gasteiger partial charge < -0.3 is 9.64 Å². The second-order valence-electron chi connectivity index (χ2n) is 7.88. The van der Waals surface area contributed by atoms with E-state index in [0.29, 0.717) is 18.7 Å². The van der Waals surface area contributed by atoms with E-state index in [2.05, 4.69) is 34.6 Å². The fourth-order valence-corrected chi connectivity index (χ4v) is 3.41. The number of fused-ring (bicyclic) bond motifs is 2. The van der Waals surface area contributed by atoms with Crippen molar-refractivity contribution in [1.82, 2.24) is 4.90 Å². The van der Waals surface area contributed by atoms with Gasteiger partial charge in [-0.2, -0.15) is 0 Å². The Hall–Kier alpha value is -0.730. The van der Waals surface area contributed by atoms with Gasteiger partial charge >= 0.3 is 6.09 Å². The van der Waals surface area contributed by atoms with Gasteiger partial charge in [0.05, 0.1) is 6.61 Å². The predicted octanol–water partition coefficient (Wildman–Crippen LogP) is 4.07. The van der Waals surface area contributed by atoms with Gasteiger partial charge in [0, 0.05) is 12.1 Å². The van der Waals surface area contributed by atoms with Gasteiger partial charge in [-0.05, 0) is 42.9 Å². The monoisotopic (exact) mass is 267 g/mol. The highest BCUT2D eigenvalue weighted by molar-refractivity contribution is 5.69. The lowest BCUT2D eigenvalue weighted by Crippen LogP contribution is -2.48. The first-order valence-electron chi connectivity index (χ1n) is 7.73. The van der Waals surface area contributed by atoms with E-state index in [9.17, 15) is 4.79 Å². The van der Waals surface area contributed by atoms with E-state index in [1.54, 1.807) is 0 Å². The summed E-state index contributed by atoms with van der Waals surface area (Å²) >= 11 is 0. The molecule has 0 aliphatic carbocycles. The van der Waals surface area contributed by atoms with Crippen LogP contribution in [-0.2, 0) is 4.74 Å². The van der Waals surface area contributed by atoms with Crippen molar-refractivity contribution in [3.63, 3.8) is 0 Å². The molecule has 2 fully saturated rings. The molecule has 0 N–H and O–H groups in total. The van der Waals surface area contributed by atoms with E-state index in [1.807, 2.05) is 4.90 Å². The Bertz CT molecular complexity index is 318. The molecule has 2 rings (SSSR count). The summed E-state index contributed by atoms with van der Waals surface area (Å²) in [6.45, 7) is 11.4. The molecule has 19 heavy (non-hydrogen) atoms. The molecule has 2 atom stereocenters. The first kappa shape index (κ1) is 14.7. The van der Waals surface area contributed by atoms with E-state index in [0.717, 1.165) is 11.8 Å². The van der Waals surface area contributed by atoms with Crippen LogP contribution in [-0.4, -0.2) is 29.7 Å². The second-order valence-corrected chi connectivity index (χ2v) is 7.88. The van der Waals surface area contributed by atoms with Crippen molar-refractivity contribution in [2.24, 2.45) is 17.3 Å². The van der Waals surface area contributed by atoms with Crippen LogP contribution in [0.5, 0.6) is 0 Å². The summed E-state index contributed by atoms with van der Waals surface area (Å²) in [4.78, 5) is 14.3. The maximum Gasteiger partial charge on any atom is 0.410 e. The Morgan fingerprint density at radius 1 is 1.21 bits per heavy atom. The first-order valence-corrected chi connectivity index (χ1v) is 7.73. The standard InChI is InChI=1S/C16H29NO2/c1-11(2)12-8-13-6-7-14(9-12)17(13)15(18)19-10-16(3,4)5/h11-14H,6-10H2,1-5H3. The van der Waals surface area contributed by atoms with E-state index in [-0.39, 0.29) is 11.5 Å². The molecule has 0 spiro atoms. The van der Waals surface area contributed by atoms with Gasteiger partial charge in [-0.25, -0.2) is 4.79 Å². The number of amides is 1. The Balaban J connectivity index is 1.94. The van der Waals surface area contributed by atoms with Crippen LogP contribution in [0.15, 0.2) is 0 Å². The van der Waals surface area contributed by atoms with Crippen molar-refractivity contribution in [1.29, 1.82) is 0 Å². The van der Waals surface area contributed by atoms with Crippen molar-refractivity contribution in [3.05, 3.63) is 0 Å². The van der Waals surface area contributed by atoms with E-state index in [1.165, 1.54) is 25.7 Å². The second kappa shape index (κ2) is 5.34. The van der Waals surface area contributed by atoms with Gasteiger partial charge in [0.25, 0.3) is 0 Å². The summed E-state index contributed by atoms with van der Waals surface area (Å²) in [5, 5.41) is 0. The summed E-state index contributed by atoms with van der Waals surface area (Å²) in [5.41, 5.74) is 0.0466. The predicted molar refractivity (Wildman–Crippen MR) is 77.0 cm³/mol. The molecular weight excluding hydrogens is 238 g/mol. The lowest BCUT2D eigenvalue weighted by Gasteiger charge is -2.40. The number of rotatable bonds is 2. The van der Waals surface area contributed by atoms with Gasteiger partial charge in [0.15, 0.2) is 0 Å². The number of piperidine rings is 1. The Morgan fingerprint density at radius 2 is 1.74 bits per heavy atom. The third-order valence-corrected chi connectivity index (χ3v) is 4.55. The first-order chi connectivity index (χ1) is 8.78. The molecule has 0 aromatic rings. The third kappa shape index (κ3) is 3.43. The highest BCUT2D eigenvalue weighted by atomic mass is 16.6. The number of carbonyl (C=O) groups excluding carboxylic acids is 1. The fourth-order valence-electron chi connectivity index (χ4n) is 3.41. The minimum atomic E-state index is -0.0790. The van der Waals surface area contributed by atoms with Crippen molar-refractivity contribution in [2.75, 3.05) is 6.61 Å². The molecule has 0 saturated carbocycles. The van der Waals surface area contributed by atoms with E-state index >= 15 is 0 Å². The van der Waals surface area contributed by atoms with Crippen LogP contribution in [0, 0.1) is 17.3 Å². The SMILES string of the molecule is CC(C)C1CC2CCC(C1)N2C(=O)OCC(C)(C)C. The maximum atomic E-state index is 12.3. The molecule has 0 aromatic heterocycles. The van der Waals surface area contributed by atoms with Crippen molar-refractivity contribution in [2.45, 2.75) is 72.4 Å². The zero-order valence-electron chi connectivity index (χ0n) is 13.1. The minimum absolute atomic E-state index is 0.0466. The fraction of sp³-hybridized carbons (Fsp3) is 0.938. The number of ether oxygens (including phenoxy) is 1. The molecule has 2 saturated heterocycles. The average molecular weight is 267 g/mol. The smallest absolute Gasteiger partial charge is 0.410 e. The van der Waals surface area contributed by atoms with Crippen LogP contribution in [0.4, 0.5) is 4.79 Å². The highest BCUT2D eigenvalue weighted by Crippen LogP contribution is 2.41. The molecule has 3 heteroatoms. The number of nitrogens with zero attached hydrogens (tertiary/aromatic N) is 1. The maximum absolute atomic E-state index is 12.3. The van der Waals surface area contributed by atoms with Gasteiger partial charge in [0.2, 0.25) is 0 Å². The molecule has 2 aliphatic rings. The average Bonchev–Trinajstić information content (AvgIpc) is 2.55. The van der Waals surface area contributed by atoms with Crippen LogP contribution in [0.1, 0.15) is 60.3 Å².